The number of sulfonamides is 1. The van der Waals surface area contributed by atoms with Crippen LogP contribution >= 0.6 is 11.6 Å². The molecule has 0 unspecified atom stereocenters. The summed E-state index contributed by atoms with van der Waals surface area (Å²) in [5, 5.41) is 3.10. The number of hydrogen-bond acceptors (Lipinski definition) is 6. The average molecular weight is 573 g/mol. The van der Waals surface area contributed by atoms with E-state index >= 15 is 0 Å². The van der Waals surface area contributed by atoms with Crippen molar-refractivity contribution in [3.8, 4) is 22.7 Å². The van der Waals surface area contributed by atoms with E-state index in [1.165, 1.54) is 43.5 Å². The van der Waals surface area contributed by atoms with Crippen LogP contribution in [0.2, 0.25) is 5.02 Å². The molecule has 0 aliphatic carbocycles. The lowest BCUT2D eigenvalue weighted by atomic mass is 10.2. The van der Waals surface area contributed by atoms with Gasteiger partial charge in [0.1, 0.15) is 11.6 Å². The maximum atomic E-state index is 13.5. The Morgan fingerprint density at radius 1 is 1.03 bits per heavy atom. The Kier molecular flexibility index (Phi) is 8.97. The third-order valence-corrected chi connectivity index (χ3v) is 7.88. The quantitative estimate of drug-likeness (QED) is 0.281. The molecule has 0 bridgehead atoms. The molecule has 0 atom stereocenters. The number of methoxy groups -OCH3 is 2. The number of nitrogens with one attached hydrogen (secondary N) is 1. The summed E-state index contributed by atoms with van der Waals surface area (Å²) in [5.74, 6) is -0.209. The minimum atomic E-state index is -4.03. The van der Waals surface area contributed by atoms with Crippen LogP contribution < -0.4 is 10.1 Å². The molecule has 1 aromatic heterocycles. The first-order chi connectivity index (χ1) is 18.7. The second kappa shape index (κ2) is 12.4. The molecule has 1 heterocycles. The van der Waals surface area contributed by atoms with Gasteiger partial charge in [-0.15, -0.1) is 0 Å². The number of anilines is 1. The van der Waals surface area contributed by atoms with Gasteiger partial charge in [0.15, 0.2) is 0 Å². The zero-order valence-electron chi connectivity index (χ0n) is 21.2. The molecule has 4 aromatic rings. The number of aromatic nitrogens is 2. The fourth-order valence-corrected chi connectivity index (χ4v) is 5.23. The normalized spacial score (nSPS) is 11.5. The molecule has 39 heavy (non-hydrogen) atoms. The number of nitrogens with zero attached hydrogens (tertiary/aromatic N) is 3. The van der Waals surface area contributed by atoms with Crippen molar-refractivity contribution in [2.24, 2.45) is 0 Å². The highest BCUT2D eigenvalue weighted by Crippen LogP contribution is 2.26. The Bertz CT molecular complexity index is 1530. The first-order valence-electron chi connectivity index (χ1n) is 11.8. The van der Waals surface area contributed by atoms with Crippen LogP contribution in [0.15, 0.2) is 83.9 Å². The highest BCUT2D eigenvalue weighted by Gasteiger charge is 2.27. The van der Waals surface area contributed by atoms with Gasteiger partial charge >= 0.3 is 0 Å². The zero-order chi connectivity index (χ0) is 28.0. The smallest absolute Gasteiger partial charge is 0.243 e. The molecule has 3 aromatic carbocycles. The summed E-state index contributed by atoms with van der Waals surface area (Å²) >= 11 is 5.91. The fourth-order valence-electron chi connectivity index (χ4n) is 3.73. The number of benzene rings is 3. The highest BCUT2D eigenvalue weighted by atomic mass is 35.5. The van der Waals surface area contributed by atoms with Crippen molar-refractivity contribution in [2.75, 3.05) is 39.2 Å². The fraction of sp³-hybridized carbons (Fsp3) is 0.185. The highest BCUT2D eigenvalue weighted by molar-refractivity contribution is 7.89. The van der Waals surface area contributed by atoms with Crippen LogP contribution in [0, 0.1) is 5.82 Å². The van der Waals surface area contributed by atoms with Crippen LogP contribution in [0.25, 0.3) is 16.9 Å². The molecule has 0 spiro atoms. The largest absolute Gasteiger partial charge is 0.497 e. The van der Waals surface area contributed by atoms with E-state index in [1.807, 2.05) is 0 Å². The molecule has 0 saturated heterocycles. The van der Waals surface area contributed by atoms with Gasteiger partial charge in [-0.3, -0.25) is 14.7 Å². The summed E-state index contributed by atoms with van der Waals surface area (Å²) in [5.41, 5.74) is 1.77. The van der Waals surface area contributed by atoms with E-state index < -0.39 is 22.5 Å². The van der Waals surface area contributed by atoms with E-state index in [0.717, 1.165) is 4.31 Å². The molecule has 12 heteroatoms. The van der Waals surface area contributed by atoms with E-state index in [9.17, 15) is 17.6 Å². The van der Waals surface area contributed by atoms with Gasteiger partial charge in [0.2, 0.25) is 21.9 Å². The molecule has 9 nitrogen and oxygen atoms in total. The topological polar surface area (TPSA) is 103 Å². The number of carbonyl (C=O) groups excluding carboxylic acids is 1. The van der Waals surface area contributed by atoms with Crippen LogP contribution in [-0.2, 0) is 19.6 Å². The minimum absolute atomic E-state index is 0.00543. The van der Waals surface area contributed by atoms with Crippen molar-refractivity contribution < 1.29 is 27.1 Å². The second-order valence-corrected chi connectivity index (χ2v) is 10.7. The van der Waals surface area contributed by atoms with Gasteiger partial charge in [0, 0.05) is 36.1 Å². The van der Waals surface area contributed by atoms with Crippen molar-refractivity contribution in [2.45, 2.75) is 4.90 Å². The standard InChI is InChI=1S/C27H26ClFN4O5S/c1-37-16-15-32(39(35,36)24-13-5-20(28)6-14-24)18-26(34)31-27-30-25(19-3-7-21(29)8-4-19)17-33(27)22-9-11-23(38-2)12-10-22/h3-14,17H,15-16,18H2,1-2H3,(H,30,31,34). The number of imidazole rings is 1. The van der Waals surface area contributed by atoms with Gasteiger partial charge in [0.05, 0.1) is 30.9 Å². The Morgan fingerprint density at radius 2 is 1.69 bits per heavy atom. The number of hydrogen-bond donors (Lipinski definition) is 1. The molecular formula is C27H26ClFN4O5S. The lowest BCUT2D eigenvalue weighted by molar-refractivity contribution is -0.116. The third kappa shape index (κ3) is 6.82. The van der Waals surface area contributed by atoms with Gasteiger partial charge in [-0.25, -0.2) is 17.8 Å². The van der Waals surface area contributed by atoms with Gasteiger partial charge in [-0.1, -0.05) is 11.6 Å². The van der Waals surface area contributed by atoms with Gasteiger partial charge in [0.25, 0.3) is 0 Å². The summed E-state index contributed by atoms with van der Waals surface area (Å²) in [7, 11) is -1.04. The van der Waals surface area contributed by atoms with Crippen LogP contribution in [0.3, 0.4) is 0 Å². The maximum absolute atomic E-state index is 13.5. The Morgan fingerprint density at radius 3 is 2.31 bits per heavy atom. The van der Waals surface area contributed by atoms with Gasteiger partial charge in [-0.05, 0) is 72.8 Å². The summed E-state index contributed by atoms with van der Waals surface area (Å²) in [4.78, 5) is 17.7. The predicted octanol–water partition coefficient (Wildman–Crippen LogP) is 4.62. The van der Waals surface area contributed by atoms with Crippen LogP contribution in [0.4, 0.5) is 10.3 Å². The molecule has 0 aliphatic rings. The van der Waals surface area contributed by atoms with Crippen LogP contribution in [0.5, 0.6) is 5.75 Å². The average Bonchev–Trinajstić information content (AvgIpc) is 3.35. The van der Waals surface area contributed by atoms with E-state index in [1.54, 1.807) is 54.3 Å². The molecule has 0 aliphatic heterocycles. The van der Waals surface area contributed by atoms with Crippen molar-refractivity contribution >= 4 is 33.5 Å². The molecule has 1 N–H and O–H groups in total. The first-order valence-corrected chi connectivity index (χ1v) is 13.6. The van der Waals surface area contributed by atoms with Crippen molar-refractivity contribution in [3.05, 3.63) is 89.8 Å². The molecule has 204 valence electrons. The Balaban J connectivity index is 1.64. The maximum Gasteiger partial charge on any atom is 0.243 e. The molecule has 4 rings (SSSR count). The molecule has 0 saturated carbocycles. The summed E-state index contributed by atoms with van der Waals surface area (Å²) < 4.78 is 53.0. The number of rotatable bonds is 11. The van der Waals surface area contributed by atoms with Gasteiger partial charge < -0.3 is 9.47 Å². The van der Waals surface area contributed by atoms with E-state index in [4.69, 9.17) is 21.1 Å². The van der Waals surface area contributed by atoms with E-state index in [-0.39, 0.29) is 29.8 Å². The molecule has 1 amide bonds. The minimum Gasteiger partial charge on any atom is -0.497 e. The van der Waals surface area contributed by atoms with E-state index in [2.05, 4.69) is 10.3 Å². The lowest BCUT2D eigenvalue weighted by Crippen LogP contribution is -2.40. The number of ether oxygens (including phenoxy) is 2. The molecule has 0 radical (unpaired) electrons. The first kappa shape index (κ1) is 28.2. The van der Waals surface area contributed by atoms with Gasteiger partial charge in [-0.2, -0.15) is 4.31 Å². The Labute approximate surface area is 230 Å². The Hall–Kier alpha value is -3.77. The predicted molar refractivity (Wildman–Crippen MR) is 146 cm³/mol. The monoisotopic (exact) mass is 572 g/mol. The number of amides is 1. The van der Waals surface area contributed by atoms with Crippen LogP contribution in [0.1, 0.15) is 0 Å². The van der Waals surface area contributed by atoms with Crippen molar-refractivity contribution in [3.63, 3.8) is 0 Å². The molecular weight excluding hydrogens is 547 g/mol. The van der Waals surface area contributed by atoms with Crippen molar-refractivity contribution in [1.82, 2.24) is 13.9 Å². The summed E-state index contributed by atoms with van der Waals surface area (Å²) in [6, 6.07) is 18.5. The van der Waals surface area contributed by atoms with Crippen molar-refractivity contribution in [1.29, 1.82) is 0 Å². The summed E-state index contributed by atoms with van der Waals surface area (Å²) in [6.45, 7) is -0.465. The SMILES string of the molecule is COCCN(CC(=O)Nc1nc(-c2ccc(F)cc2)cn1-c1ccc(OC)cc1)S(=O)(=O)c1ccc(Cl)cc1. The number of halogens is 2. The lowest BCUT2D eigenvalue weighted by Gasteiger charge is -2.21. The zero-order valence-corrected chi connectivity index (χ0v) is 22.7. The third-order valence-electron chi connectivity index (χ3n) is 5.76. The number of carbonyl (C=O) groups is 1. The molecule has 0 fully saturated rings. The van der Waals surface area contributed by atoms with Crippen LogP contribution in [-0.4, -0.2) is 62.1 Å². The summed E-state index contributed by atoms with van der Waals surface area (Å²) in [6.07, 6.45) is 1.69. The second-order valence-electron chi connectivity index (χ2n) is 8.36. The van der Waals surface area contributed by atoms with E-state index in [0.29, 0.717) is 27.7 Å².